The Bertz CT molecular complexity index is 955. The number of benzene rings is 2. The molecule has 0 aromatic heterocycles. The molecule has 0 saturated carbocycles. The minimum Gasteiger partial charge on any atom is -0.317 e. The smallest absolute Gasteiger partial charge is 0.0994 e. The number of nitriles is 1. The molecule has 1 N–H and O–H groups in total. The summed E-state index contributed by atoms with van der Waals surface area (Å²) in [6, 6.07) is 15.1. The zero-order valence-corrected chi connectivity index (χ0v) is 19.5. The monoisotopic (exact) mass is 419 g/mol. The molecule has 0 heterocycles. The summed E-state index contributed by atoms with van der Waals surface area (Å²) in [5.41, 5.74) is 8.32. The summed E-state index contributed by atoms with van der Waals surface area (Å²) in [6.45, 7) is 11.9. The van der Waals surface area contributed by atoms with E-state index >= 15 is 0 Å². The quantitative estimate of drug-likeness (QED) is 0.427. The average Bonchev–Trinajstić information content (AvgIpc) is 3.11. The lowest BCUT2D eigenvalue weighted by atomic mass is 9.86. The van der Waals surface area contributed by atoms with Gasteiger partial charge >= 0.3 is 0 Å². The van der Waals surface area contributed by atoms with Gasteiger partial charge in [0.05, 0.1) is 18.2 Å². The van der Waals surface area contributed by atoms with Crippen molar-refractivity contribution in [2.45, 2.75) is 58.9 Å². The van der Waals surface area contributed by atoms with Crippen molar-refractivity contribution < 1.29 is 0 Å². The number of fused-ring (bicyclic) bond motifs is 1. The Balaban J connectivity index is 0.00000155. The lowest BCUT2D eigenvalue weighted by Gasteiger charge is -2.23. The van der Waals surface area contributed by atoms with Gasteiger partial charge in [-0.25, -0.2) is 0 Å². The van der Waals surface area contributed by atoms with Crippen LogP contribution in [0.25, 0.3) is 0 Å². The summed E-state index contributed by atoms with van der Waals surface area (Å²) in [5, 5.41) is 15.0. The van der Waals surface area contributed by atoms with Crippen molar-refractivity contribution in [3.8, 4) is 6.07 Å². The van der Waals surface area contributed by atoms with Crippen molar-refractivity contribution >= 4 is 25.1 Å². The van der Waals surface area contributed by atoms with E-state index in [4.69, 9.17) is 10.4 Å². The molecule has 0 aliphatic heterocycles. The number of thiol groups is 1. The highest BCUT2D eigenvalue weighted by atomic mass is 32.1. The van der Waals surface area contributed by atoms with Crippen molar-refractivity contribution in [3.05, 3.63) is 69.8 Å². The molecule has 2 aromatic rings. The fourth-order valence-corrected chi connectivity index (χ4v) is 4.49. The van der Waals surface area contributed by atoms with Crippen molar-refractivity contribution in [2.24, 2.45) is 10.9 Å². The predicted octanol–water partition coefficient (Wildman–Crippen LogP) is 6.17. The van der Waals surface area contributed by atoms with Gasteiger partial charge in [-0.3, -0.25) is 4.99 Å². The molecule has 0 bridgehead atoms. The molecule has 0 radical (unpaired) electrons. The maximum atomic E-state index is 9.53. The molecule has 158 valence electrons. The Kier molecular flexibility index (Phi) is 8.43. The van der Waals surface area contributed by atoms with Gasteiger partial charge < -0.3 is 5.41 Å². The topological polar surface area (TPSA) is 60.0 Å². The third-order valence-electron chi connectivity index (χ3n) is 5.96. The second-order valence-corrected chi connectivity index (χ2v) is 8.96. The fraction of sp³-hybridized carbons (Fsp3) is 0.423. The molecule has 3 nitrogen and oxygen atoms in total. The van der Waals surface area contributed by atoms with Crippen LogP contribution in [-0.4, -0.2) is 18.2 Å². The first-order chi connectivity index (χ1) is 14.4. The molecule has 1 aliphatic carbocycles. The van der Waals surface area contributed by atoms with Gasteiger partial charge in [-0.15, -0.1) is 0 Å². The van der Waals surface area contributed by atoms with Gasteiger partial charge in [0.2, 0.25) is 0 Å². The van der Waals surface area contributed by atoms with E-state index in [2.05, 4.69) is 76.5 Å². The van der Waals surface area contributed by atoms with Gasteiger partial charge in [-0.05, 0) is 78.5 Å². The molecule has 1 aliphatic rings. The lowest BCUT2D eigenvalue weighted by Crippen LogP contribution is -2.20. The zero-order valence-electron chi connectivity index (χ0n) is 18.6. The van der Waals surface area contributed by atoms with Crippen LogP contribution in [0, 0.1) is 22.7 Å². The number of rotatable bonds is 6. The van der Waals surface area contributed by atoms with Gasteiger partial charge in [0.25, 0.3) is 0 Å². The normalized spacial score (nSPS) is 17.8. The van der Waals surface area contributed by atoms with E-state index in [9.17, 15) is 5.26 Å². The molecule has 0 spiro atoms. The Morgan fingerprint density at radius 1 is 1.27 bits per heavy atom. The van der Waals surface area contributed by atoms with Gasteiger partial charge in [0, 0.05) is 11.1 Å². The third-order valence-corrected chi connectivity index (χ3v) is 6.66. The third kappa shape index (κ3) is 5.21. The summed E-state index contributed by atoms with van der Waals surface area (Å²) in [4.78, 5) is 4.87. The standard InChI is InChI=1S/C25H30N2S.CH3N/c1-17(2)12-20-9-8-19(13-22(20)14-26)18(3)27-15-21-6-5-7-24-23(21)10-11-25(24,4)16-28;1-2/h5-9,13,17,28H,10-12,15-16H2,1-4H3;2H,1H2. The molecule has 1 atom stereocenters. The first-order valence-corrected chi connectivity index (χ1v) is 11.1. The van der Waals surface area contributed by atoms with Crippen LogP contribution in [0.1, 0.15) is 67.5 Å². The summed E-state index contributed by atoms with van der Waals surface area (Å²) < 4.78 is 0. The molecule has 0 fully saturated rings. The predicted molar refractivity (Wildman–Crippen MR) is 131 cm³/mol. The lowest BCUT2D eigenvalue weighted by molar-refractivity contribution is 0.534. The molecule has 1 unspecified atom stereocenters. The summed E-state index contributed by atoms with van der Waals surface area (Å²) in [6.07, 6.45) is 3.20. The summed E-state index contributed by atoms with van der Waals surface area (Å²) in [7, 11) is 0. The zero-order chi connectivity index (χ0) is 22.3. The van der Waals surface area contributed by atoms with Crippen LogP contribution < -0.4 is 0 Å². The fourth-order valence-electron chi connectivity index (χ4n) is 4.16. The molecular formula is C26H33N3S. The van der Waals surface area contributed by atoms with Gasteiger partial charge in [0.1, 0.15) is 0 Å². The molecule has 0 amide bonds. The van der Waals surface area contributed by atoms with Crippen LogP contribution in [0.5, 0.6) is 0 Å². The van der Waals surface area contributed by atoms with Crippen molar-refractivity contribution in [3.63, 3.8) is 0 Å². The maximum absolute atomic E-state index is 9.53. The van der Waals surface area contributed by atoms with Crippen LogP contribution in [0.2, 0.25) is 0 Å². The average molecular weight is 420 g/mol. The number of hydrogen-bond donors (Lipinski definition) is 2. The molecule has 4 heteroatoms. The molecule has 3 rings (SSSR count). The number of hydrogen-bond acceptors (Lipinski definition) is 4. The van der Waals surface area contributed by atoms with Crippen LogP contribution in [0.4, 0.5) is 0 Å². The van der Waals surface area contributed by atoms with E-state index < -0.39 is 0 Å². The van der Waals surface area contributed by atoms with Crippen LogP contribution in [-0.2, 0) is 24.8 Å². The number of nitrogens with one attached hydrogen (secondary N) is 1. The largest absolute Gasteiger partial charge is 0.317 e. The molecular weight excluding hydrogens is 386 g/mol. The van der Waals surface area contributed by atoms with Crippen molar-refractivity contribution in [1.82, 2.24) is 0 Å². The van der Waals surface area contributed by atoms with Gasteiger partial charge in [-0.2, -0.15) is 17.9 Å². The number of nitrogens with zero attached hydrogens (tertiary/aromatic N) is 2. The highest BCUT2D eigenvalue weighted by Crippen LogP contribution is 2.41. The molecule has 0 saturated heterocycles. The first-order valence-electron chi connectivity index (χ1n) is 10.5. The Labute approximate surface area is 187 Å². The van der Waals surface area contributed by atoms with E-state index in [1.807, 2.05) is 13.0 Å². The Morgan fingerprint density at radius 2 is 2.00 bits per heavy atom. The first kappa shape index (κ1) is 23.9. The second kappa shape index (κ2) is 10.6. The van der Waals surface area contributed by atoms with E-state index in [1.54, 1.807) is 0 Å². The van der Waals surface area contributed by atoms with Crippen molar-refractivity contribution in [1.29, 1.82) is 10.7 Å². The van der Waals surface area contributed by atoms with Crippen LogP contribution in [0.3, 0.4) is 0 Å². The van der Waals surface area contributed by atoms with Crippen LogP contribution in [0.15, 0.2) is 41.4 Å². The van der Waals surface area contributed by atoms with E-state index in [1.165, 1.54) is 16.7 Å². The summed E-state index contributed by atoms with van der Waals surface area (Å²) in [5.74, 6) is 1.42. The minimum atomic E-state index is 0.182. The highest BCUT2D eigenvalue weighted by molar-refractivity contribution is 7.80. The maximum Gasteiger partial charge on any atom is 0.0994 e. The van der Waals surface area contributed by atoms with Crippen molar-refractivity contribution in [2.75, 3.05) is 5.75 Å². The minimum absolute atomic E-state index is 0.182. The Morgan fingerprint density at radius 3 is 2.63 bits per heavy atom. The van der Waals surface area contributed by atoms with E-state index in [0.29, 0.717) is 12.5 Å². The van der Waals surface area contributed by atoms with E-state index in [-0.39, 0.29) is 5.41 Å². The Hall–Kier alpha value is -2.38. The SMILES string of the molecule is C=N.CC(=NCc1cccc2c1CCC2(C)CS)c1ccc(CC(C)C)c(C#N)c1. The molecule has 30 heavy (non-hydrogen) atoms. The van der Waals surface area contributed by atoms with Crippen LogP contribution >= 0.6 is 12.6 Å². The second-order valence-electron chi connectivity index (χ2n) is 8.65. The van der Waals surface area contributed by atoms with Gasteiger partial charge in [0.15, 0.2) is 0 Å². The van der Waals surface area contributed by atoms with Gasteiger partial charge in [-0.1, -0.05) is 51.1 Å². The molecule has 2 aromatic carbocycles. The number of aliphatic imine (C=N–C) groups is 1. The highest BCUT2D eigenvalue weighted by Gasteiger charge is 2.33. The summed E-state index contributed by atoms with van der Waals surface area (Å²) >= 11 is 4.59. The van der Waals surface area contributed by atoms with E-state index in [0.717, 1.165) is 47.4 Å².